The molecular weight excluding hydrogens is 559 g/mol. The minimum Gasteiger partial charge on any atom is -0.492 e. The van der Waals surface area contributed by atoms with Gasteiger partial charge in [0.1, 0.15) is 35.4 Å². The summed E-state index contributed by atoms with van der Waals surface area (Å²) in [5, 5.41) is 9.44. The van der Waals surface area contributed by atoms with Crippen molar-refractivity contribution in [3.8, 4) is 39.8 Å². The van der Waals surface area contributed by atoms with Crippen molar-refractivity contribution in [2.75, 3.05) is 44.2 Å². The lowest BCUT2D eigenvalue weighted by molar-refractivity contribution is 0.237. The summed E-state index contributed by atoms with van der Waals surface area (Å²) < 4.78 is 20.7. The fourth-order valence-electron chi connectivity index (χ4n) is 6.09. The summed E-state index contributed by atoms with van der Waals surface area (Å²) in [5.41, 5.74) is 11.8. The van der Waals surface area contributed by atoms with Crippen molar-refractivity contribution in [1.82, 2.24) is 40.0 Å². The zero-order valence-corrected chi connectivity index (χ0v) is 24.0. The van der Waals surface area contributed by atoms with Crippen LogP contribution < -0.4 is 15.4 Å². The van der Waals surface area contributed by atoms with Crippen LogP contribution in [0.3, 0.4) is 0 Å². The zero-order valence-electron chi connectivity index (χ0n) is 24.0. The maximum absolute atomic E-state index is 14.8. The zero-order chi connectivity index (χ0) is 29.6. The number of nitrogens with one attached hydrogen (secondary N) is 2. The number of H-pyrrole nitrogens is 2. The van der Waals surface area contributed by atoms with E-state index in [2.05, 4.69) is 39.9 Å². The van der Waals surface area contributed by atoms with Gasteiger partial charge in [-0.3, -0.25) is 25.0 Å². The van der Waals surface area contributed by atoms with E-state index >= 15 is 0 Å². The molecule has 11 nitrogen and oxygen atoms in total. The number of benzene rings is 1. The average molecular weight is 591 g/mol. The maximum Gasteiger partial charge on any atom is 0.147 e. The van der Waals surface area contributed by atoms with Crippen LogP contribution in [0, 0.1) is 5.82 Å². The van der Waals surface area contributed by atoms with Crippen LogP contribution in [0.1, 0.15) is 12.8 Å². The molecule has 6 aromatic rings. The van der Waals surface area contributed by atoms with Gasteiger partial charge in [0.05, 0.1) is 41.2 Å². The molecule has 222 valence electrons. The summed E-state index contributed by atoms with van der Waals surface area (Å²) in [7, 11) is 0. The molecule has 2 fully saturated rings. The van der Waals surface area contributed by atoms with E-state index < -0.39 is 0 Å². The van der Waals surface area contributed by atoms with Crippen LogP contribution in [-0.4, -0.2) is 85.4 Å². The van der Waals surface area contributed by atoms with Gasteiger partial charge in [-0.25, -0.2) is 9.37 Å². The fraction of sp³-hybridized carbons (Fsp3) is 0.281. The van der Waals surface area contributed by atoms with Gasteiger partial charge < -0.3 is 20.4 Å². The van der Waals surface area contributed by atoms with E-state index in [-0.39, 0.29) is 11.9 Å². The second-order valence-corrected chi connectivity index (χ2v) is 11.5. The number of nitrogens with two attached hydrogens (primary N) is 1. The van der Waals surface area contributed by atoms with E-state index in [9.17, 15) is 4.39 Å². The first-order valence-corrected chi connectivity index (χ1v) is 14.9. The lowest BCUT2D eigenvalue weighted by atomic mass is 10.1. The number of nitrogens with zero attached hydrogens (tertiary/aromatic N) is 7. The Morgan fingerprint density at radius 3 is 2.66 bits per heavy atom. The molecule has 0 radical (unpaired) electrons. The Morgan fingerprint density at radius 1 is 0.932 bits per heavy atom. The van der Waals surface area contributed by atoms with E-state index in [0.29, 0.717) is 35.0 Å². The van der Waals surface area contributed by atoms with E-state index in [1.807, 2.05) is 24.3 Å². The topological polar surface area (TPSA) is 138 Å². The highest BCUT2D eigenvalue weighted by Crippen LogP contribution is 2.35. The first-order chi connectivity index (χ1) is 21.6. The molecule has 0 amide bonds. The second kappa shape index (κ2) is 11.0. The summed E-state index contributed by atoms with van der Waals surface area (Å²) in [6.07, 6.45) is 9.38. The summed E-state index contributed by atoms with van der Waals surface area (Å²) in [4.78, 5) is 26.4. The molecule has 0 saturated carbocycles. The number of fused-ring (bicyclic) bond motifs is 2. The van der Waals surface area contributed by atoms with Crippen LogP contribution in [-0.2, 0) is 0 Å². The molecule has 0 aliphatic carbocycles. The van der Waals surface area contributed by atoms with Crippen molar-refractivity contribution < 1.29 is 9.13 Å². The molecule has 2 saturated heterocycles. The lowest BCUT2D eigenvalue weighted by Crippen LogP contribution is -2.56. The number of rotatable bonds is 8. The summed E-state index contributed by atoms with van der Waals surface area (Å²) in [5.74, 6) is 0.915. The molecule has 0 spiro atoms. The van der Waals surface area contributed by atoms with E-state index in [0.717, 1.165) is 71.7 Å². The van der Waals surface area contributed by atoms with Gasteiger partial charge in [0, 0.05) is 59.8 Å². The lowest BCUT2D eigenvalue weighted by Gasteiger charge is -2.37. The van der Waals surface area contributed by atoms with Gasteiger partial charge in [-0.05, 0) is 56.3 Å². The average Bonchev–Trinajstić information content (AvgIpc) is 3.78. The largest absolute Gasteiger partial charge is 0.492 e. The van der Waals surface area contributed by atoms with Crippen LogP contribution in [0.25, 0.3) is 55.8 Å². The molecule has 2 aliphatic heterocycles. The Bertz CT molecular complexity index is 1980. The van der Waals surface area contributed by atoms with Crippen LogP contribution >= 0.6 is 0 Å². The van der Waals surface area contributed by atoms with Gasteiger partial charge >= 0.3 is 0 Å². The smallest absolute Gasteiger partial charge is 0.147 e. The highest BCUT2D eigenvalue weighted by molar-refractivity contribution is 6.00. The first kappa shape index (κ1) is 26.7. The van der Waals surface area contributed by atoms with Crippen LogP contribution in [0.4, 0.5) is 10.2 Å². The molecule has 4 N–H and O–H groups in total. The molecule has 1 aromatic carbocycles. The third-order valence-corrected chi connectivity index (χ3v) is 8.39. The number of likely N-dealkylation sites (tertiary alicyclic amines) is 1. The normalized spacial score (nSPS) is 15.8. The number of pyridine rings is 2. The number of hydrogen-bond donors (Lipinski definition) is 3. The van der Waals surface area contributed by atoms with Crippen molar-refractivity contribution in [2.24, 2.45) is 5.73 Å². The molecule has 0 unspecified atom stereocenters. The van der Waals surface area contributed by atoms with Crippen molar-refractivity contribution in [3.63, 3.8) is 0 Å². The molecule has 0 bridgehead atoms. The Labute approximate surface area is 252 Å². The number of aromatic amines is 2. The Morgan fingerprint density at radius 2 is 1.80 bits per heavy atom. The monoisotopic (exact) mass is 590 g/mol. The molecule has 0 atom stereocenters. The highest BCUT2D eigenvalue weighted by atomic mass is 19.1. The molecule has 12 heteroatoms. The van der Waals surface area contributed by atoms with Gasteiger partial charge in [0.25, 0.3) is 0 Å². The molecule has 2 aliphatic rings. The van der Waals surface area contributed by atoms with Crippen LogP contribution in [0.5, 0.6) is 5.75 Å². The second-order valence-electron chi connectivity index (χ2n) is 11.5. The molecule has 44 heavy (non-hydrogen) atoms. The van der Waals surface area contributed by atoms with Gasteiger partial charge in [-0.1, -0.05) is 0 Å². The summed E-state index contributed by atoms with van der Waals surface area (Å²) in [6.45, 7) is 5.06. The van der Waals surface area contributed by atoms with Gasteiger partial charge in [0.15, 0.2) is 0 Å². The standard InChI is InChI=1S/C32H31FN10O/c33-20-9-19(10-22(11-20)44-8-7-42-5-1-2-6-42)31-23-13-27(38-25(23)3-4-36-31)32-24-12-26(37-15-28(24)40-41-32)29-14-35-16-30(39-29)43-17-21(34)18-43/h3-4,9-16,21,38H,1-2,5-8,17-18,34H2,(H,40,41). The Kier molecular flexibility index (Phi) is 6.64. The predicted molar refractivity (Wildman–Crippen MR) is 167 cm³/mol. The van der Waals surface area contributed by atoms with Crippen molar-refractivity contribution >= 4 is 27.6 Å². The van der Waals surface area contributed by atoms with Crippen molar-refractivity contribution in [2.45, 2.75) is 18.9 Å². The van der Waals surface area contributed by atoms with Crippen molar-refractivity contribution in [3.05, 3.63) is 67.0 Å². The molecule has 5 aromatic heterocycles. The third kappa shape index (κ3) is 5.01. The highest BCUT2D eigenvalue weighted by Gasteiger charge is 2.25. The minimum atomic E-state index is -0.365. The van der Waals surface area contributed by atoms with Gasteiger partial charge in [-0.15, -0.1) is 0 Å². The SMILES string of the molecule is NC1CN(c2cncc(-c3cc4c(-c5cc6c(-c7cc(F)cc(OCCN8CCCC8)c7)nccc6[nH]5)n[nH]c4cn3)n2)C1. The number of halogens is 1. The molecular formula is C32H31FN10O. The fourth-order valence-corrected chi connectivity index (χ4v) is 6.09. The first-order valence-electron chi connectivity index (χ1n) is 14.9. The van der Waals surface area contributed by atoms with E-state index in [1.165, 1.54) is 25.0 Å². The summed E-state index contributed by atoms with van der Waals surface area (Å²) >= 11 is 0. The quantitative estimate of drug-likeness (QED) is 0.236. The van der Waals surface area contributed by atoms with Crippen LogP contribution in [0.15, 0.2) is 61.2 Å². The number of hydrogen-bond acceptors (Lipinski definition) is 9. The maximum atomic E-state index is 14.8. The minimum absolute atomic E-state index is 0.163. The molecule has 8 rings (SSSR count). The third-order valence-electron chi connectivity index (χ3n) is 8.39. The number of aromatic nitrogens is 7. The van der Waals surface area contributed by atoms with Gasteiger partial charge in [0.2, 0.25) is 0 Å². The molecule has 7 heterocycles. The number of anilines is 1. The Hall–Kier alpha value is -4.94. The number of ether oxygens (including phenoxy) is 1. The summed E-state index contributed by atoms with van der Waals surface area (Å²) in [6, 6.07) is 10.8. The predicted octanol–water partition coefficient (Wildman–Crippen LogP) is 4.39. The van der Waals surface area contributed by atoms with E-state index in [1.54, 1.807) is 24.8 Å². The van der Waals surface area contributed by atoms with E-state index in [4.69, 9.17) is 15.5 Å². The van der Waals surface area contributed by atoms with Crippen molar-refractivity contribution in [1.29, 1.82) is 0 Å². The van der Waals surface area contributed by atoms with Crippen LogP contribution in [0.2, 0.25) is 0 Å². The Balaban J connectivity index is 1.11. The van der Waals surface area contributed by atoms with Gasteiger partial charge in [-0.2, -0.15) is 5.10 Å².